The second-order valence-corrected chi connectivity index (χ2v) is 8.95. The lowest BCUT2D eigenvalue weighted by molar-refractivity contribution is -0.133. The smallest absolute Gasteiger partial charge is 0.315 e. The molecule has 3 rings (SSSR count). The molecule has 9 heteroatoms. The molecular formula is C24H25NO7S. The van der Waals surface area contributed by atoms with Crippen molar-refractivity contribution in [2.24, 2.45) is 0 Å². The van der Waals surface area contributed by atoms with Crippen molar-refractivity contribution >= 4 is 21.7 Å². The fraction of sp³-hybridized carbons (Fsp3) is 0.208. The summed E-state index contributed by atoms with van der Waals surface area (Å²) in [6.07, 6.45) is 0.0356. The first-order chi connectivity index (χ1) is 15.8. The van der Waals surface area contributed by atoms with Gasteiger partial charge < -0.3 is 18.9 Å². The fourth-order valence-electron chi connectivity index (χ4n) is 3.09. The Morgan fingerprint density at radius 1 is 0.788 bits per heavy atom. The van der Waals surface area contributed by atoms with Gasteiger partial charge in [0.15, 0.2) is 11.5 Å². The van der Waals surface area contributed by atoms with Crippen molar-refractivity contribution in [3.05, 3.63) is 72.3 Å². The van der Waals surface area contributed by atoms with Crippen LogP contribution in [0.15, 0.2) is 71.6 Å². The number of sulfonamides is 1. The van der Waals surface area contributed by atoms with E-state index in [1.807, 2.05) is 0 Å². The van der Waals surface area contributed by atoms with Crippen molar-refractivity contribution in [1.29, 1.82) is 0 Å². The first kappa shape index (κ1) is 23.9. The topological polar surface area (TPSA) is 91.4 Å². The molecule has 0 heterocycles. The van der Waals surface area contributed by atoms with Gasteiger partial charge in [0.25, 0.3) is 10.0 Å². The molecule has 174 valence electrons. The van der Waals surface area contributed by atoms with E-state index in [1.165, 1.54) is 40.5 Å². The predicted molar refractivity (Wildman–Crippen MR) is 124 cm³/mol. The van der Waals surface area contributed by atoms with Crippen molar-refractivity contribution in [1.82, 2.24) is 0 Å². The lowest BCUT2D eigenvalue weighted by atomic mass is 10.1. The van der Waals surface area contributed by atoms with Crippen LogP contribution in [0.2, 0.25) is 0 Å². The number of anilines is 1. The molecule has 0 saturated heterocycles. The average Bonchev–Trinajstić information content (AvgIpc) is 2.83. The Labute approximate surface area is 193 Å². The summed E-state index contributed by atoms with van der Waals surface area (Å²) < 4.78 is 47.8. The van der Waals surface area contributed by atoms with E-state index >= 15 is 0 Å². The monoisotopic (exact) mass is 471 g/mol. The number of esters is 1. The number of ether oxygens (including phenoxy) is 4. The van der Waals surface area contributed by atoms with Gasteiger partial charge in [-0.05, 0) is 66.2 Å². The summed E-state index contributed by atoms with van der Waals surface area (Å²) in [5, 5.41) is 0. The summed E-state index contributed by atoms with van der Waals surface area (Å²) in [5.74, 6) is 1.50. The third-order valence-corrected chi connectivity index (χ3v) is 6.75. The Morgan fingerprint density at radius 3 is 1.97 bits per heavy atom. The van der Waals surface area contributed by atoms with Crippen LogP contribution >= 0.6 is 0 Å². The molecule has 0 unspecified atom stereocenters. The number of carbonyl (C=O) groups is 1. The molecule has 0 aromatic heterocycles. The molecule has 8 nitrogen and oxygen atoms in total. The Bertz CT molecular complexity index is 1210. The zero-order valence-corrected chi connectivity index (χ0v) is 19.6. The zero-order chi connectivity index (χ0) is 24.0. The number of hydrogen-bond acceptors (Lipinski definition) is 7. The quantitative estimate of drug-likeness (QED) is 0.347. The summed E-state index contributed by atoms with van der Waals surface area (Å²) in [7, 11) is 2.27. The van der Waals surface area contributed by atoms with Crippen LogP contribution in [0.25, 0.3) is 0 Å². The molecule has 3 aromatic carbocycles. The van der Waals surface area contributed by atoms with Crippen LogP contribution in [0.3, 0.4) is 0 Å². The van der Waals surface area contributed by atoms with Crippen molar-refractivity contribution in [3.8, 4) is 23.0 Å². The Kier molecular flexibility index (Phi) is 7.44. The third-order valence-electron chi connectivity index (χ3n) is 4.95. The Balaban J connectivity index is 1.67. The van der Waals surface area contributed by atoms with Crippen LogP contribution in [0.4, 0.5) is 5.69 Å². The first-order valence-corrected chi connectivity index (χ1v) is 11.4. The van der Waals surface area contributed by atoms with Crippen LogP contribution < -0.4 is 23.3 Å². The molecule has 0 fully saturated rings. The normalized spacial score (nSPS) is 10.9. The predicted octanol–water partition coefficient (Wildman–Crippen LogP) is 3.69. The lowest BCUT2D eigenvalue weighted by Gasteiger charge is -2.20. The van der Waals surface area contributed by atoms with E-state index in [0.29, 0.717) is 34.2 Å². The number of carbonyl (C=O) groups excluding carboxylic acids is 1. The van der Waals surface area contributed by atoms with Crippen LogP contribution in [0.1, 0.15) is 5.56 Å². The van der Waals surface area contributed by atoms with E-state index in [2.05, 4.69) is 0 Å². The zero-order valence-electron chi connectivity index (χ0n) is 18.8. The van der Waals surface area contributed by atoms with Crippen LogP contribution in [0.5, 0.6) is 23.0 Å². The van der Waals surface area contributed by atoms with Gasteiger partial charge >= 0.3 is 5.97 Å². The minimum atomic E-state index is -3.76. The van der Waals surface area contributed by atoms with Gasteiger partial charge in [-0.15, -0.1) is 0 Å². The van der Waals surface area contributed by atoms with E-state index in [-0.39, 0.29) is 11.3 Å². The summed E-state index contributed by atoms with van der Waals surface area (Å²) in [4.78, 5) is 12.5. The van der Waals surface area contributed by atoms with E-state index in [1.54, 1.807) is 54.6 Å². The van der Waals surface area contributed by atoms with Gasteiger partial charge in [0, 0.05) is 7.05 Å². The number of rotatable bonds is 9. The minimum Gasteiger partial charge on any atom is -0.497 e. The standard InChI is InChI=1S/C24H25NO7S/c1-25(33(27,28)21-12-10-19(29-2)11-13-21)18-6-8-20(9-7-18)32-24(26)16-17-5-14-22(30-3)23(15-17)31-4/h5-15H,16H2,1-4H3. The van der Waals surface area contributed by atoms with E-state index in [0.717, 1.165) is 4.31 Å². The molecule has 33 heavy (non-hydrogen) atoms. The van der Waals surface area contributed by atoms with Gasteiger partial charge in [-0.25, -0.2) is 8.42 Å². The molecule has 0 radical (unpaired) electrons. The summed E-state index contributed by atoms with van der Waals surface area (Å²) in [6, 6.07) is 17.5. The third kappa shape index (κ3) is 5.56. The number of methoxy groups -OCH3 is 3. The molecule has 0 aliphatic rings. The summed E-state index contributed by atoms with van der Waals surface area (Å²) in [5.41, 5.74) is 1.13. The van der Waals surface area contributed by atoms with Crippen molar-refractivity contribution in [3.63, 3.8) is 0 Å². The van der Waals surface area contributed by atoms with Gasteiger partial charge in [-0.2, -0.15) is 0 Å². The summed E-state index contributed by atoms with van der Waals surface area (Å²) >= 11 is 0. The lowest BCUT2D eigenvalue weighted by Crippen LogP contribution is -2.26. The second-order valence-electron chi connectivity index (χ2n) is 6.98. The molecule has 0 N–H and O–H groups in total. The number of benzene rings is 3. The van der Waals surface area contributed by atoms with Gasteiger partial charge in [0.1, 0.15) is 11.5 Å². The molecule has 0 aliphatic carbocycles. The maximum atomic E-state index is 12.9. The highest BCUT2D eigenvalue weighted by atomic mass is 32.2. The Hall–Kier alpha value is -3.72. The van der Waals surface area contributed by atoms with E-state index < -0.39 is 16.0 Å². The SMILES string of the molecule is COc1ccc(S(=O)(=O)N(C)c2ccc(OC(=O)Cc3ccc(OC)c(OC)c3)cc2)cc1. The highest BCUT2D eigenvalue weighted by Gasteiger charge is 2.21. The molecule has 0 spiro atoms. The highest BCUT2D eigenvalue weighted by molar-refractivity contribution is 7.92. The van der Waals surface area contributed by atoms with Crippen LogP contribution in [0, 0.1) is 0 Å². The summed E-state index contributed by atoms with van der Waals surface area (Å²) in [6.45, 7) is 0. The van der Waals surface area contributed by atoms with Crippen molar-refractivity contribution in [2.45, 2.75) is 11.3 Å². The fourth-order valence-corrected chi connectivity index (χ4v) is 4.29. The second kappa shape index (κ2) is 10.3. The first-order valence-electron chi connectivity index (χ1n) is 9.93. The van der Waals surface area contributed by atoms with Gasteiger partial charge in [0.2, 0.25) is 0 Å². The molecular weight excluding hydrogens is 446 g/mol. The van der Waals surface area contributed by atoms with Gasteiger partial charge in [0.05, 0.1) is 38.3 Å². The molecule has 0 amide bonds. The van der Waals surface area contributed by atoms with Crippen LogP contribution in [-0.4, -0.2) is 42.8 Å². The molecule has 0 bridgehead atoms. The molecule has 0 aliphatic heterocycles. The maximum Gasteiger partial charge on any atom is 0.315 e. The van der Waals surface area contributed by atoms with Crippen molar-refractivity contribution < 1.29 is 32.2 Å². The largest absolute Gasteiger partial charge is 0.497 e. The Morgan fingerprint density at radius 2 is 1.39 bits per heavy atom. The number of nitrogens with zero attached hydrogens (tertiary/aromatic N) is 1. The molecule has 0 saturated carbocycles. The van der Waals surface area contributed by atoms with Gasteiger partial charge in [-0.1, -0.05) is 6.07 Å². The average molecular weight is 472 g/mol. The van der Waals surface area contributed by atoms with Crippen LogP contribution in [-0.2, 0) is 21.2 Å². The maximum absolute atomic E-state index is 12.9. The van der Waals surface area contributed by atoms with Crippen molar-refractivity contribution in [2.75, 3.05) is 32.7 Å². The minimum absolute atomic E-state index is 0.0356. The van der Waals surface area contributed by atoms with E-state index in [4.69, 9.17) is 18.9 Å². The molecule has 3 aromatic rings. The number of hydrogen-bond donors (Lipinski definition) is 0. The highest BCUT2D eigenvalue weighted by Crippen LogP contribution is 2.28. The van der Waals surface area contributed by atoms with Gasteiger partial charge in [-0.3, -0.25) is 9.10 Å². The molecule has 0 atom stereocenters. The van der Waals surface area contributed by atoms with E-state index in [9.17, 15) is 13.2 Å².